The lowest BCUT2D eigenvalue weighted by Crippen LogP contribution is -2.50. The molecular weight excluding hydrogens is 280 g/mol. The Kier molecular flexibility index (Phi) is 3.68. The molecule has 2 aliphatic rings. The molecule has 0 saturated carbocycles. The SMILES string of the molecule is N#Cc1cccc(/C=C/C(=O)N2CCCC23CCOC3=O)c1. The number of nitrogens with zero attached hydrogens (tertiary/aromatic N) is 2. The third kappa shape index (κ3) is 2.37. The monoisotopic (exact) mass is 296 g/mol. The first-order valence-electron chi connectivity index (χ1n) is 7.33. The summed E-state index contributed by atoms with van der Waals surface area (Å²) in [6.45, 7) is 0.965. The molecule has 1 aromatic rings. The minimum Gasteiger partial charge on any atom is -0.464 e. The predicted molar refractivity (Wildman–Crippen MR) is 79.4 cm³/mol. The third-order valence-corrected chi connectivity index (χ3v) is 4.32. The molecule has 22 heavy (non-hydrogen) atoms. The third-order valence-electron chi connectivity index (χ3n) is 4.32. The molecule has 2 aliphatic heterocycles. The molecule has 1 spiro atoms. The number of rotatable bonds is 2. The zero-order chi connectivity index (χ0) is 15.6. The van der Waals surface area contributed by atoms with Gasteiger partial charge in [0.2, 0.25) is 5.91 Å². The van der Waals surface area contributed by atoms with E-state index < -0.39 is 5.54 Å². The highest BCUT2D eigenvalue weighted by Gasteiger charge is 2.53. The van der Waals surface area contributed by atoms with Crippen LogP contribution in [-0.4, -0.2) is 35.5 Å². The molecule has 0 aliphatic carbocycles. The van der Waals surface area contributed by atoms with Gasteiger partial charge in [-0.2, -0.15) is 5.26 Å². The van der Waals surface area contributed by atoms with Gasteiger partial charge in [-0.15, -0.1) is 0 Å². The van der Waals surface area contributed by atoms with Crippen LogP contribution >= 0.6 is 0 Å². The van der Waals surface area contributed by atoms with Crippen molar-refractivity contribution in [2.45, 2.75) is 24.8 Å². The second-order valence-electron chi connectivity index (χ2n) is 5.58. The van der Waals surface area contributed by atoms with Crippen LogP contribution in [0.2, 0.25) is 0 Å². The van der Waals surface area contributed by atoms with Crippen molar-refractivity contribution < 1.29 is 14.3 Å². The lowest BCUT2D eigenvalue weighted by molar-refractivity contribution is -0.151. The predicted octanol–water partition coefficient (Wildman–Crippen LogP) is 1.88. The Morgan fingerprint density at radius 1 is 1.41 bits per heavy atom. The number of benzene rings is 1. The lowest BCUT2D eigenvalue weighted by atomic mass is 9.94. The van der Waals surface area contributed by atoms with Crippen molar-refractivity contribution >= 4 is 18.0 Å². The molecule has 0 aromatic heterocycles. The molecular formula is C17H16N2O3. The summed E-state index contributed by atoms with van der Waals surface area (Å²) < 4.78 is 5.07. The van der Waals surface area contributed by atoms with Crippen LogP contribution in [0.15, 0.2) is 30.3 Å². The van der Waals surface area contributed by atoms with Gasteiger partial charge in [0.05, 0.1) is 18.2 Å². The van der Waals surface area contributed by atoms with Gasteiger partial charge in [0, 0.05) is 19.0 Å². The highest BCUT2D eigenvalue weighted by Crippen LogP contribution is 2.37. The average Bonchev–Trinajstić information content (AvgIpc) is 3.13. The van der Waals surface area contributed by atoms with E-state index in [1.165, 1.54) is 6.08 Å². The average molecular weight is 296 g/mol. The van der Waals surface area contributed by atoms with E-state index in [4.69, 9.17) is 10.00 Å². The van der Waals surface area contributed by atoms with Gasteiger partial charge in [0.1, 0.15) is 5.54 Å². The number of esters is 1. The molecule has 1 aromatic carbocycles. The van der Waals surface area contributed by atoms with Gasteiger partial charge in [-0.1, -0.05) is 12.1 Å². The number of cyclic esters (lactones) is 1. The van der Waals surface area contributed by atoms with E-state index >= 15 is 0 Å². The van der Waals surface area contributed by atoms with Crippen LogP contribution in [0, 0.1) is 11.3 Å². The Labute approximate surface area is 128 Å². The summed E-state index contributed by atoms with van der Waals surface area (Å²) in [5.41, 5.74) is 0.580. The molecule has 2 heterocycles. The summed E-state index contributed by atoms with van der Waals surface area (Å²) in [4.78, 5) is 26.1. The van der Waals surface area contributed by atoms with Crippen LogP contribution in [-0.2, 0) is 14.3 Å². The Morgan fingerprint density at radius 3 is 3.00 bits per heavy atom. The van der Waals surface area contributed by atoms with Crippen molar-refractivity contribution in [3.8, 4) is 6.07 Å². The minimum atomic E-state index is -0.754. The number of amides is 1. The fourth-order valence-corrected chi connectivity index (χ4v) is 3.19. The number of carbonyl (C=O) groups excluding carboxylic acids is 2. The van der Waals surface area contributed by atoms with E-state index in [0.717, 1.165) is 12.0 Å². The van der Waals surface area contributed by atoms with E-state index in [1.54, 1.807) is 29.2 Å². The standard InChI is InChI=1S/C17H16N2O3/c18-12-14-4-1-3-13(11-14)5-6-15(20)19-9-2-7-17(19)8-10-22-16(17)21/h1,3-6,11H,2,7-10H2/b6-5+. The Hall–Kier alpha value is -2.61. The highest BCUT2D eigenvalue weighted by atomic mass is 16.5. The summed E-state index contributed by atoms with van der Waals surface area (Å²) in [5.74, 6) is -0.461. The van der Waals surface area contributed by atoms with Gasteiger partial charge in [0.15, 0.2) is 0 Å². The molecule has 1 atom stereocenters. The van der Waals surface area contributed by atoms with Crippen molar-refractivity contribution in [3.05, 3.63) is 41.5 Å². The van der Waals surface area contributed by atoms with Crippen molar-refractivity contribution in [1.29, 1.82) is 5.26 Å². The van der Waals surface area contributed by atoms with Crippen LogP contribution in [0.3, 0.4) is 0 Å². The maximum atomic E-state index is 12.4. The number of likely N-dealkylation sites (tertiary alicyclic amines) is 1. The van der Waals surface area contributed by atoms with Crippen LogP contribution in [0.1, 0.15) is 30.4 Å². The second kappa shape index (κ2) is 5.64. The lowest BCUT2D eigenvalue weighted by Gasteiger charge is -2.30. The smallest absolute Gasteiger partial charge is 0.332 e. The molecule has 0 radical (unpaired) electrons. The van der Waals surface area contributed by atoms with Gasteiger partial charge in [0.25, 0.3) is 0 Å². The number of nitriles is 1. The highest BCUT2D eigenvalue weighted by molar-refractivity contribution is 5.97. The maximum Gasteiger partial charge on any atom is 0.332 e. The Morgan fingerprint density at radius 2 is 2.27 bits per heavy atom. The van der Waals surface area contributed by atoms with Crippen LogP contribution in [0.4, 0.5) is 0 Å². The molecule has 0 bridgehead atoms. The molecule has 112 valence electrons. The summed E-state index contributed by atoms with van der Waals surface area (Å²) in [6.07, 6.45) is 5.22. The van der Waals surface area contributed by atoms with Gasteiger partial charge in [-0.05, 0) is 36.6 Å². The summed E-state index contributed by atoms with van der Waals surface area (Å²) in [5, 5.41) is 8.88. The van der Waals surface area contributed by atoms with E-state index in [2.05, 4.69) is 6.07 Å². The summed E-state index contributed by atoms with van der Waals surface area (Å²) >= 11 is 0. The number of hydrogen-bond acceptors (Lipinski definition) is 4. The minimum absolute atomic E-state index is 0.182. The van der Waals surface area contributed by atoms with Crippen molar-refractivity contribution in [3.63, 3.8) is 0 Å². The zero-order valence-corrected chi connectivity index (χ0v) is 12.1. The van der Waals surface area contributed by atoms with E-state index in [0.29, 0.717) is 31.6 Å². The zero-order valence-electron chi connectivity index (χ0n) is 12.1. The fraction of sp³-hybridized carbons (Fsp3) is 0.353. The molecule has 1 unspecified atom stereocenters. The van der Waals surface area contributed by atoms with Crippen molar-refractivity contribution in [2.75, 3.05) is 13.2 Å². The molecule has 5 nitrogen and oxygen atoms in total. The topological polar surface area (TPSA) is 70.4 Å². The van der Waals surface area contributed by atoms with Gasteiger partial charge in [-0.3, -0.25) is 4.79 Å². The molecule has 3 rings (SSSR count). The molecule has 1 amide bonds. The van der Waals surface area contributed by atoms with E-state index in [9.17, 15) is 9.59 Å². The molecule has 2 saturated heterocycles. The van der Waals surface area contributed by atoms with E-state index in [-0.39, 0.29) is 11.9 Å². The largest absolute Gasteiger partial charge is 0.464 e. The molecule has 5 heteroatoms. The quantitative estimate of drug-likeness (QED) is 0.617. The Balaban J connectivity index is 1.78. The normalized spacial score (nSPS) is 24.0. The maximum absolute atomic E-state index is 12.4. The van der Waals surface area contributed by atoms with Crippen molar-refractivity contribution in [1.82, 2.24) is 4.90 Å². The van der Waals surface area contributed by atoms with Crippen LogP contribution < -0.4 is 0 Å². The first-order valence-corrected chi connectivity index (χ1v) is 7.33. The number of carbonyl (C=O) groups is 2. The van der Waals surface area contributed by atoms with Crippen molar-refractivity contribution in [2.24, 2.45) is 0 Å². The van der Waals surface area contributed by atoms with Gasteiger partial charge in [-0.25, -0.2) is 4.79 Å². The molecule has 2 fully saturated rings. The molecule has 0 N–H and O–H groups in total. The van der Waals surface area contributed by atoms with Crippen LogP contribution in [0.25, 0.3) is 6.08 Å². The first kappa shape index (κ1) is 14.3. The van der Waals surface area contributed by atoms with Gasteiger partial charge >= 0.3 is 5.97 Å². The number of hydrogen-bond donors (Lipinski definition) is 0. The van der Waals surface area contributed by atoms with E-state index in [1.807, 2.05) is 6.07 Å². The first-order chi connectivity index (χ1) is 10.7. The van der Waals surface area contributed by atoms with Crippen LogP contribution in [0.5, 0.6) is 0 Å². The fourth-order valence-electron chi connectivity index (χ4n) is 3.19. The second-order valence-corrected chi connectivity index (χ2v) is 5.58. The summed E-state index contributed by atoms with van der Waals surface area (Å²) in [6, 6.07) is 9.09. The Bertz CT molecular complexity index is 685. The number of ether oxygens (including phenoxy) is 1. The van der Waals surface area contributed by atoms with Gasteiger partial charge < -0.3 is 9.64 Å². The summed E-state index contributed by atoms with van der Waals surface area (Å²) in [7, 11) is 0.